The normalized spacial score (nSPS) is 17.6. The third-order valence-electron chi connectivity index (χ3n) is 3.85. The molecule has 6 nitrogen and oxygen atoms in total. The lowest BCUT2D eigenvalue weighted by molar-refractivity contribution is 0.0940. The average Bonchev–Trinajstić information content (AvgIpc) is 2.45. The van der Waals surface area contributed by atoms with Crippen molar-refractivity contribution in [2.45, 2.75) is 19.8 Å². The number of hydrogen-bond acceptors (Lipinski definition) is 4. The predicted octanol–water partition coefficient (Wildman–Crippen LogP) is 0.791. The average molecular weight is 311 g/mol. The van der Waals surface area contributed by atoms with Crippen LogP contribution in [0.1, 0.15) is 28.9 Å². The molecule has 2 rings (SSSR count). The van der Waals surface area contributed by atoms with Crippen LogP contribution in [0.25, 0.3) is 0 Å². The number of pyridine rings is 1. The molecule has 1 N–H and O–H groups in total. The Balaban J connectivity index is 1.83. The van der Waals surface area contributed by atoms with Crippen molar-refractivity contribution in [2.75, 3.05) is 25.9 Å². The van der Waals surface area contributed by atoms with Crippen molar-refractivity contribution in [1.29, 1.82) is 0 Å². The van der Waals surface area contributed by atoms with Crippen molar-refractivity contribution in [3.8, 4) is 0 Å². The molecule has 1 aliphatic heterocycles. The highest BCUT2D eigenvalue weighted by Crippen LogP contribution is 2.18. The van der Waals surface area contributed by atoms with Gasteiger partial charge in [0.05, 0.1) is 11.8 Å². The first-order valence-corrected chi connectivity index (χ1v) is 8.87. The van der Waals surface area contributed by atoms with E-state index < -0.39 is 10.0 Å². The second kappa shape index (κ2) is 6.53. The molecule has 0 spiro atoms. The van der Waals surface area contributed by atoms with E-state index in [1.165, 1.54) is 10.6 Å². The molecule has 7 heteroatoms. The lowest BCUT2D eigenvalue weighted by atomic mass is 9.98. The number of amides is 1. The Morgan fingerprint density at radius 3 is 2.67 bits per heavy atom. The lowest BCUT2D eigenvalue weighted by Gasteiger charge is -2.30. The standard InChI is InChI=1S/C14H21N3O3S/c1-11-13(4-3-7-15-11)14(18)16-10-12-5-8-17(9-6-12)21(2,19)20/h3-4,7,12H,5-6,8-10H2,1-2H3,(H,16,18). The van der Waals surface area contributed by atoms with Crippen LogP contribution in [0.4, 0.5) is 0 Å². The van der Waals surface area contributed by atoms with E-state index >= 15 is 0 Å². The monoisotopic (exact) mass is 311 g/mol. The number of hydrogen-bond donors (Lipinski definition) is 1. The van der Waals surface area contributed by atoms with Gasteiger partial charge in [-0.3, -0.25) is 9.78 Å². The number of carbonyl (C=O) groups is 1. The van der Waals surface area contributed by atoms with Gasteiger partial charge in [0, 0.05) is 31.5 Å². The summed E-state index contributed by atoms with van der Waals surface area (Å²) < 4.78 is 24.4. The molecule has 0 unspecified atom stereocenters. The molecular weight excluding hydrogens is 290 g/mol. The van der Waals surface area contributed by atoms with Gasteiger partial charge >= 0.3 is 0 Å². The molecule has 0 aliphatic carbocycles. The summed E-state index contributed by atoms with van der Waals surface area (Å²) in [4.78, 5) is 16.2. The van der Waals surface area contributed by atoms with Crippen LogP contribution in [-0.4, -0.2) is 49.5 Å². The number of nitrogens with one attached hydrogen (secondary N) is 1. The van der Waals surface area contributed by atoms with E-state index in [1.54, 1.807) is 25.3 Å². The first kappa shape index (κ1) is 15.9. The van der Waals surface area contributed by atoms with E-state index in [0.717, 1.165) is 12.8 Å². The number of rotatable bonds is 4. The quantitative estimate of drug-likeness (QED) is 0.891. The Hall–Kier alpha value is -1.47. The van der Waals surface area contributed by atoms with Gasteiger partial charge in [-0.1, -0.05) is 0 Å². The van der Waals surface area contributed by atoms with Gasteiger partial charge in [0.25, 0.3) is 5.91 Å². The second-order valence-corrected chi connectivity index (χ2v) is 7.43. The summed E-state index contributed by atoms with van der Waals surface area (Å²) in [7, 11) is -3.09. The molecule has 1 aliphatic rings. The summed E-state index contributed by atoms with van der Waals surface area (Å²) in [6.07, 6.45) is 4.45. The predicted molar refractivity (Wildman–Crippen MR) is 80.4 cm³/mol. The maximum atomic E-state index is 12.1. The van der Waals surface area contributed by atoms with Crippen molar-refractivity contribution in [3.05, 3.63) is 29.6 Å². The summed E-state index contributed by atoms with van der Waals surface area (Å²) in [6, 6.07) is 3.50. The van der Waals surface area contributed by atoms with E-state index in [0.29, 0.717) is 36.8 Å². The fraction of sp³-hybridized carbons (Fsp3) is 0.571. The molecule has 0 saturated carbocycles. The van der Waals surface area contributed by atoms with E-state index in [4.69, 9.17) is 0 Å². The molecule has 1 aromatic heterocycles. The first-order valence-electron chi connectivity index (χ1n) is 7.03. The number of sulfonamides is 1. The van der Waals surface area contributed by atoms with E-state index in [2.05, 4.69) is 10.3 Å². The Bertz CT molecular complexity index is 608. The molecule has 1 amide bonds. The number of aryl methyl sites for hydroxylation is 1. The minimum Gasteiger partial charge on any atom is -0.352 e. The van der Waals surface area contributed by atoms with Crippen LogP contribution >= 0.6 is 0 Å². The molecule has 2 heterocycles. The van der Waals surface area contributed by atoms with Gasteiger partial charge in [0.15, 0.2) is 0 Å². The Morgan fingerprint density at radius 1 is 1.43 bits per heavy atom. The largest absolute Gasteiger partial charge is 0.352 e. The van der Waals surface area contributed by atoms with Gasteiger partial charge in [-0.05, 0) is 37.8 Å². The van der Waals surface area contributed by atoms with Gasteiger partial charge in [0.2, 0.25) is 10.0 Å². The number of piperidine rings is 1. The zero-order chi connectivity index (χ0) is 15.5. The zero-order valence-electron chi connectivity index (χ0n) is 12.4. The first-order chi connectivity index (χ1) is 9.88. The van der Waals surface area contributed by atoms with Crippen molar-refractivity contribution >= 4 is 15.9 Å². The topological polar surface area (TPSA) is 79.4 Å². The zero-order valence-corrected chi connectivity index (χ0v) is 13.2. The SMILES string of the molecule is Cc1ncccc1C(=O)NCC1CCN(S(C)(=O)=O)CC1. The maximum Gasteiger partial charge on any atom is 0.253 e. The summed E-state index contributed by atoms with van der Waals surface area (Å²) in [5, 5.41) is 2.92. The fourth-order valence-electron chi connectivity index (χ4n) is 2.50. The van der Waals surface area contributed by atoms with Gasteiger partial charge in [-0.25, -0.2) is 12.7 Å². The lowest BCUT2D eigenvalue weighted by Crippen LogP contribution is -2.41. The van der Waals surface area contributed by atoms with Crippen LogP contribution in [0.15, 0.2) is 18.3 Å². The van der Waals surface area contributed by atoms with Crippen molar-refractivity contribution in [1.82, 2.24) is 14.6 Å². The third kappa shape index (κ3) is 4.25. The van der Waals surface area contributed by atoms with Crippen LogP contribution in [0.5, 0.6) is 0 Å². The minimum absolute atomic E-state index is 0.119. The molecule has 0 radical (unpaired) electrons. The maximum absolute atomic E-state index is 12.1. The molecule has 0 bridgehead atoms. The Kier molecular flexibility index (Phi) is 4.95. The summed E-state index contributed by atoms with van der Waals surface area (Å²) >= 11 is 0. The molecule has 0 atom stereocenters. The minimum atomic E-state index is -3.09. The van der Waals surface area contributed by atoms with E-state index in [9.17, 15) is 13.2 Å². The van der Waals surface area contributed by atoms with Crippen molar-refractivity contribution in [2.24, 2.45) is 5.92 Å². The summed E-state index contributed by atoms with van der Waals surface area (Å²) in [5.41, 5.74) is 1.30. The van der Waals surface area contributed by atoms with Gasteiger partial charge < -0.3 is 5.32 Å². The van der Waals surface area contributed by atoms with Crippen LogP contribution in [0, 0.1) is 12.8 Å². The Labute approximate surface area is 125 Å². The van der Waals surface area contributed by atoms with E-state index in [-0.39, 0.29) is 5.91 Å². The van der Waals surface area contributed by atoms with Crippen molar-refractivity contribution in [3.63, 3.8) is 0 Å². The highest BCUT2D eigenvalue weighted by molar-refractivity contribution is 7.88. The molecule has 21 heavy (non-hydrogen) atoms. The number of nitrogens with zero attached hydrogens (tertiary/aromatic N) is 2. The number of aromatic nitrogens is 1. The molecular formula is C14H21N3O3S. The van der Waals surface area contributed by atoms with E-state index in [1.807, 2.05) is 0 Å². The molecule has 1 aromatic rings. The molecule has 1 fully saturated rings. The fourth-order valence-corrected chi connectivity index (χ4v) is 3.38. The molecule has 1 saturated heterocycles. The smallest absolute Gasteiger partial charge is 0.253 e. The summed E-state index contributed by atoms with van der Waals surface area (Å²) in [5.74, 6) is 0.204. The van der Waals surface area contributed by atoms with Gasteiger partial charge in [-0.15, -0.1) is 0 Å². The molecule has 116 valence electrons. The Morgan fingerprint density at radius 2 is 2.10 bits per heavy atom. The van der Waals surface area contributed by atoms with Crippen LogP contribution in [0.2, 0.25) is 0 Å². The van der Waals surface area contributed by atoms with Gasteiger partial charge in [-0.2, -0.15) is 0 Å². The number of carbonyl (C=O) groups excluding carboxylic acids is 1. The van der Waals surface area contributed by atoms with Crippen LogP contribution in [0.3, 0.4) is 0 Å². The second-order valence-electron chi connectivity index (χ2n) is 5.45. The summed E-state index contributed by atoms with van der Waals surface area (Å²) in [6.45, 7) is 3.45. The van der Waals surface area contributed by atoms with Crippen LogP contribution in [-0.2, 0) is 10.0 Å². The van der Waals surface area contributed by atoms with Crippen molar-refractivity contribution < 1.29 is 13.2 Å². The third-order valence-corrected chi connectivity index (χ3v) is 5.15. The highest BCUT2D eigenvalue weighted by atomic mass is 32.2. The molecule has 0 aromatic carbocycles. The highest BCUT2D eigenvalue weighted by Gasteiger charge is 2.25. The van der Waals surface area contributed by atoms with Crippen LogP contribution < -0.4 is 5.32 Å². The van der Waals surface area contributed by atoms with Gasteiger partial charge in [0.1, 0.15) is 0 Å².